The summed E-state index contributed by atoms with van der Waals surface area (Å²) in [5, 5.41) is 3.84. The van der Waals surface area contributed by atoms with Gasteiger partial charge < -0.3 is 15.0 Å². The number of piperidine rings is 1. The van der Waals surface area contributed by atoms with Crippen molar-refractivity contribution in [3.8, 4) is 5.75 Å². The molecule has 138 valence electrons. The summed E-state index contributed by atoms with van der Waals surface area (Å²) in [5.41, 5.74) is 0. The maximum absolute atomic E-state index is 12.0. The zero-order valence-electron chi connectivity index (χ0n) is 14.2. The second-order valence-electron chi connectivity index (χ2n) is 6.15. The van der Waals surface area contributed by atoms with Crippen molar-refractivity contribution in [2.75, 3.05) is 31.1 Å². The number of nitrogens with one attached hydrogen (secondary N) is 1. The molecule has 26 heavy (non-hydrogen) atoms. The van der Waals surface area contributed by atoms with Gasteiger partial charge in [0, 0.05) is 37.1 Å². The molecule has 1 aromatic heterocycles. The Labute approximate surface area is 162 Å². The van der Waals surface area contributed by atoms with Crippen molar-refractivity contribution >= 4 is 35.1 Å². The zero-order valence-corrected chi connectivity index (χ0v) is 15.7. The van der Waals surface area contributed by atoms with Gasteiger partial charge in [-0.3, -0.25) is 4.79 Å². The Morgan fingerprint density at radius 2 is 1.96 bits per heavy atom. The number of benzene rings is 1. The van der Waals surface area contributed by atoms with E-state index in [0.717, 1.165) is 31.9 Å². The first-order chi connectivity index (χ1) is 12.6. The lowest BCUT2D eigenvalue weighted by atomic mass is 9.97. The molecule has 2 heterocycles. The lowest BCUT2D eigenvalue weighted by Crippen LogP contribution is -2.40. The number of ether oxygens (including phenoxy) is 1. The number of carbonyl (C=O) groups is 1. The minimum absolute atomic E-state index is 0.0714. The maximum Gasteiger partial charge on any atom is 0.257 e. The molecule has 2 aromatic rings. The summed E-state index contributed by atoms with van der Waals surface area (Å²) in [6, 6.07) is 6.72. The van der Waals surface area contributed by atoms with Gasteiger partial charge in [0.05, 0.1) is 5.02 Å². The maximum atomic E-state index is 12.0. The van der Waals surface area contributed by atoms with Crippen molar-refractivity contribution < 1.29 is 9.53 Å². The molecule has 1 aliphatic rings. The fourth-order valence-corrected chi connectivity index (χ4v) is 3.30. The van der Waals surface area contributed by atoms with Gasteiger partial charge >= 0.3 is 0 Å². The molecular weight excluding hydrogens is 375 g/mol. The van der Waals surface area contributed by atoms with E-state index >= 15 is 0 Å². The van der Waals surface area contributed by atoms with Gasteiger partial charge in [-0.25, -0.2) is 9.97 Å². The summed E-state index contributed by atoms with van der Waals surface area (Å²) in [6.07, 6.45) is 5.48. The van der Waals surface area contributed by atoms with Crippen LogP contribution in [0.25, 0.3) is 0 Å². The summed E-state index contributed by atoms with van der Waals surface area (Å²) in [6.45, 7) is 2.35. The van der Waals surface area contributed by atoms with Crippen LogP contribution in [0.4, 0.5) is 5.95 Å². The standard InChI is InChI=1S/C18H20Cl2N4O2/c19-14-2-3-16(15(20)10-14)26-12-17(25)23-11-13-4-8-24(9-5-13)18-21-6-1-7-22-18/h1-3,6-7,10,13H,4-5,8-9,11-12H2,(H,23,25). The highest BCUT2D eigenvalue weighted by atomic mass is 35.5. The molecule has 0 bridgehead atoms. The van der Waals surface area contributed by atoms with Crippen LogP contribution in [0, 0.1) is 5.92 Å². The minimum atomic E-state index is -0.162. The van der Waals surface area contributed by atoms with Gasteiger partial charge in [-0.2, -0.15) is 0 Å². The summed E-state index contributed by atoms with van der Waals surface area (Å²) in [5.74, 6) is 1.49. The average molecular weight is 395 g/mol. The number of amides is 1. The molecule has 0 saturated carbocycles. The number of hydrogen-bond acceptors (Lipinski definition) is 5. The minimum Gasteiger partial charge on any atom is -0.482 e. The van der Waals surface area contributed by atoms with Gasteiger partial charge in [0.1, 0.15) is 5.75 Å². The van der Waals surface area contributed by atoms with E-state index in [1.165, 1.54) is 0 Å². The monoisotopic (exact) mass is 394 g/mol. The van der Waals surface area contributed by atoms with Crippen molar-refractivity contribution in [2.45, 2.75) is 12.8 Å². The van der Waals surface area contributed by atoms with E-state index in [4.69, 9.17) is 27.9 Å². The summed E-state index contributed by atoms with van der Waals surface area (Å²) >= 11 is 11.9. The molecule has 1 saturated heterocycles. The van der Waals surface area contributed by atoms with E-state index < -0.39 is 0 Å². The number of carbonyl (C=O) groups excluding carboxylic acids is 1. The molecule has 6 nitrogen and oxygen atoms in total. The van der Waals surface area contributed by atoms with Crippen LogP contribution >= 0.6 is 23.2 Å². The van der Waals surface area contributed by atoms with Crippen molar-refractivity contribution in [1.82, 2.24) is 15.3 Å². The highest BCUT2D eigenvalue weighted by Crippen LogP contribution is 2.27. The largest absolute Gasteiger partial charge is 0.482 e. The van der Waals surface area contributed by atoms with Crippen LogP contribution in [-0.2, 0) is 4.79 Å². The van der Waals surface area contributed by atoms with E-state index in [1.807, 2.05) is 6.07 Å². The molecule has 1 amide bonds. The SMILES string of the molecule is O=C(COc1ccc(Cl)cc1Cl)NCC1CCN(c2ncccn2)CC1. The van der Waals surface area contributed by atoms with Crippen LogP contribution in [0.15, 0.2) is 36.7 Å². The Morgan fingerprint density at radius 3 is 2.65 bits per heavy atom. The molecule has 0 radical (unpaired) electrons. The van der Waals surface area contributed by atoms with Crippen LogP contribution in [-0.4, -0.2) is 42.1 Å². The Kier molecular flexibility index (Phi) is 6.52. The molecule has 0 aliphatic carbocycles. The third-order valence-corrected chi connectivity index (χ3v) is 4.82. The molecule has 1 aliphatic heterocycles. The van der Waals surface area contributed by atoms with Gasteiger partial charge in [-0.05, 0) is 43.0 Å². The summed E-state index contributed by atoms with van der Waals surface area (Å²) in [4.78, 5) is 22.7. The molecule has 0 spiro atoms. The molecule has 3 rings (SSSR count). The number of nitrogens with zero attached hydrogens (tertiary/aromatic N) is 3. The quantitative estimate of drug-likeness (QED) is 0.814. The predicted molar refractivity (Wildman–Crippen MR) is 102 cm³/mol. The molecule has 1 aromatic carbocycles. The van der Waals surface area contributed by atoms with Gasteiger partial charge in [-0.1, -0.05) is 23.2 Å². The predicted octanol–water partition coefficient (Wildman–Crippen LogP) is 3.20. The Morgan fingerprint density at radius 1 is 1.23 bits per heavy atom. The van der Waals surface area contributed by atoms with Crippen molar-refractivity contribution in [3.63, 3.8) is 0 Å². The van der Waals surface area contributed by atoms with Gasteiger partial charge in [0.2, 0.25) is 5.95 Å². The Balaban J connectivity index is 1.37. The number of aromatic nitrogens is 2. The van der Waals surface area contributed by atoms with Crippen LogP contribution in [0.5, 0.6) is 5.75 Å². The lowest BCUT2D eigenvalue weighted by molar-refractivity contribution is -0.123. The molecule has 1 N–H and O–H groups in total. The molecular formula is C18H20Cl2N4O2. The first-order valence-electron chi connectivity index (χ1n) is 8.48. The fraction of sp³-hybridized carbons (Fsp3) is 0.389. The van der Waals surface area contributed by atoms with Crippen molar-refractivity contribution in [1.29, 1.82) is 0 Å². The van der Waals surface area contributed by atoms with Crippen LogP contribution in [0.1, 0.15) is 12.8 Å². The number of hydrogen-bond donors (Lipinski definition) is 1. The third kappa shape index (κ3) is 5.22. The van der Waals surface area contributed by atoms with Gasteiger partial charge in [-0.15, -0.1) is 0 Å². The number of rotatable bonds is 6. The summed E-state index contributed by atoms with van der Waals surface area (Å²) in [7, 11) is 0. The topological polar surface area (TPSA) is 67.3 Å². The van der Waals surface area contributed by atoms with Crippen LogP contribution in [0.3, 0.4) is 0 Å². The Hall–Kier alpha value is -2.05. The van der Waals surface area contributed by atoms with Crippen molar-refractivity contribution in [2.24, 2.45) is 5.92 Å². The van der Waals surface area contributed by atoms with Gasteiger partial charge in [0.25, 0.3) is 5.91 Å². The van der Waals surface area contributed by atoms with Gasteiger partial charge in [0.15, 0.2) is 6.61 Å². The van der Waals surface area contributed by atoms with E-state index in [0.29, 0.717) is 28.3 Å². The highest BCUT2D eigenvalue weighted by molar-refractivity contribution is 6.35. The fourth-order valence-electron chi connectivity index (χ4n) is 2.84. The van der Waals surface area contributed by atoms with E-state index in [1.54, 1.807) is 30.6 Å². The van der Waals surface area contributed by atoms with E-state index in [2.05, 4.69) is 20.2 Å². The second kappa shape index (κ2) is 9.05. The number of halogens is 2. The third-order valence-electron chi connectivity index (χ3n) is 4.29. The van der Waals surface area contributed by atoms with E-state index in [-0.39, 0.29) is 12.5 Å². The second-order valence-corrected chi connectivity index (χ2v) is 6.99. The average Bonchev–Trinajstić information content (AvgIpc) is 2.67. The Bertz CT molecular complexity index is 737. The van der Waals surface area contributed by atoms with Crippen LogP contribution in [0.2, 0.25) is 10.0 Å². The van der Waals surface area contributed by atoms with Crippen molar-refractivity contribution in [3.05, 3.63) is 46.7 Å². The molecule has 0 atom stereocenters. The van der Waals surface area contributed by atoms with E-state index in [9.17, 15) is 4.79 Å². The van der Waals surface area contributed by atoms with Crippen LogP contribution < -0.4 is 15.0 Å². The summed E-state index contributed by atoms with van der Waals surface area (Å²) < 4.78 is 5.44. The zero-order chi connectivity index (χ0) is 18.4. The first-order valence-corrected chi connectivity index (χ1v) is 9.24. The molecule has 8 heteroatoms. The highest BCUT2D eigenvalue weighted by Gasteiger charge is 2.21. The smallest absolute Gasteiger partial charge is 0.257 e. The molecule has 0 unspecified atom stereocenters. The normalized spacial score (nSPS) is 14.9. The first kappa shape index (κ1) is 18.7. The molecule has 1 fully saturated rings. The lowest BCUT2D eigenvalue weighted by Gasteiger charge is -2.31. The number of anilines is 1.